The van der Waals surface area contributed by atoms with Crippen molar-refractivity contribution in [1.29, 1.82) is 0 Å². The Morgan fingerprint density at radius 2 is 1.69 bits per heavy atom. The Bertz CT molecular complexity index is 650. The summed E-state index contributed by atoms with van der Waals surface area (Å²) in [7, 11) is 0. The molecule has 0 bridgehead atoms. The molecule has 4 nitrogen and oxygen atoms in total. The zero-order valence-electron chi connectivity index (χ0n) is 19.0. The first-order chi connectivity index (χ1) is 13.9. The van der Waals surface area contributed by atoms with Crippen molar-refractivity contribution < 1.29 is 4.79 Å². The molecular formula is C25H41N3O. The van der Waals surface area contributed by atoms with Crippen LogP contribution in [0.3, 0.4) is 0 Å². The Balaban J connectivity index is 1.57. The molecule has 29 heavy (non-hydrogen) atoms. The van der Waals surface area contributed by atoms with Crippen LogP contribution in [0.2, 0.25) is 0 Å². The highest BCUT2D eigenvalue weighted by atomic mass is 16.2. The van der Waals surface area contributed by atoms with E-state index in [1.807, 2.05) is 0 Å². The fraction of sp³-hybridized carbons (Fsp3) is 0.720. The number of benzene rings is 1. The first-order valence-electron chi connectivity index (χ1n) is 11.7. The Hall–Kier alpha value is -1.55. The number of piperazine rings is 1. The highest BCUT2D eigenvalue weighted by Gasteiger charge is 2.31. The van der Waals surface area contributed by atoms with E-state index in [0.717, 1.165) is 45.1 Å². The van der Waals surface area contributed by atoms with E-state index in [2.05, 4.69) is 67.1 Å². The number of para-hydroxylation sites is 1. The molecule has 0 spiro atoms. The molecule has 2 fully saturated rings. The van der Waals surface area contributed by atoms with Crippen LogP contribution in [0.5, 0.6) is 0 Å². The lowest BCUT2D eigenvalue weighted by atomic mass is 9.68. The van der Waals surface area contributed by atoms with Gasteiger partial charge in [0.15, 0.2) is 0 Å². The summed E-state index contributed by atoms with van der Waals surface area (Å²) in [5.74, 6) is 1.72. The minimum Gasteiger partial charge on any atom is -0.369 e. The maximum atomic E-state index is 12.0. The molecule has 1 saturated heterocycles. The van der Waals surface area contributed by atoms with Gasteiger partial charge in [0, 0.05) is 38.4 Å². The normalized spacial score (nSPS) is 23.8. The highest BCUT2D eigenvalue weighted by Crippen LogP contribution is 2.45. The molecule has 2 aliphatic rings. The van der Waals surface area contributed by atoms with Gasteiger partial charge in [0.1, 0.15) is 0 Å². The van der Waals surface area contributed by atoms with E-state index in [-0.39, 0.29) is 5.91 Å². The van der Waals surface area contributed by atoms with E-state index in [4.69, 9.17) is 0 Å². The summed E-state index contributed by atoms with van der Waals surface area (Å²) in [4.78, 5) is 16.9. The third-order valence-electron chi connectivity index (χ3n) is 6.98. The molecule has 1 amide bonds. The quantitative estimate of drug-likeness (QED) is 0.756. The average molecular weight is 400 g/mol. The van der Waals surface area contributed by atoms with Crippen LogP contribution in [0.4, 0.5) is 5.69 Å². The maximum absolute atomic E-state index is 12.0. The van der Waals surface area contributed by atoms with Gasteiger partial charge in [-0.2, -0.15) is 0 Å². The zero-order valence-corrected chi connectivity index (χ0v) is 19.0. The molecule has 1 aromatic rings. The largest absolute Gasteiger partial charge is 0.369 e. The second-order valence-electron chi connectivity index (χ2n) is 10.1. The van der Waals surface area contributed by atoms with Crippen LogP contribution < -0.4 is 10.2 Å². The summed E-state index contributed by atoms with van der Waals surface area (Å²) in [5, 5.41) is 2.99. The van der Waals surface area contributed by atoms with Crippen molar-refractivity contribution in [2.45, 2.75) is 65.7 Å². The van der Waals surface area contributed by atoms with Crippen LogP contribution in [0.15, 0.2) is 24.3 Å². The van der Waals surface area contributed by atoms with Gasteiger partial charge >= 0.3 is 0 Å². The molecule has 0 aromatic heterocycles. The van der Waals surface area contributed by atoms with E-state index in [1.165, 1.54) is 31.4 Å². The smallest absolute Gasteiger partial charge is 0.234 e. The second kappa shape index (κ2) is 9.97. The molecule has 162 valence electrons. The van der Waals surface area contributed by atoms with Gasteiger partial charge in [0.05, 0.1) is 6.54 Å². The molecule has 1 saturated carbocycles. The lowest BCUT2D eigenvalue weighted by Gasteiger charge is -2.40. The Morgan fingerprint density at radius 3 is 2.31 bits per heavy atom. The first-order valence-corrected chi connectivity index (χ1v) is 11.7. The number of amides is 1. The lowest BCUT2D eigenvalue weighted by molar-refractivity contribution is -0.122. The summed E-state index contributed by atoms with van der Waals surface area (Å²) in [6, 6.07) is 9.07. The van der Waals surface area contributed by atoms with Crippen LogP contribution in [-0.4, -0.2) is 50.1 Å². The topological polar surface area (TPSA) is 35.6 Å². The molecule has 4 heteroatoms. The summed E-state index contributed by atoms with van der Waals surface area (Å²) in [6.07, 6.45) is 6.33. The molecule has 3 rings (SSSR count). The summed E-state index contributed by atoms with van der Waals surface area (Å²) < 4.78 is 0. The van der Waals surface area contributed by atoms with E-state index in [0.29, 0.717) is 17.9 Å². The molecule has 1 aliphatic carbocycles. The van der Waals surface area contributed by atoms with Crippen molar-refractivity contribution in [3.63, 3.8) is 0 Å². The van der Waals surface area contributed by atoms with E-state index in [9.17, 15) is 4.79 Å². The Kier molecular flexibility index (Phi) is 7.61. The SMILES string of the molecule is CCCNC(=O)CN1CCN(c2ccccc2C2CCC(C(C)(C)C)CC2)CC1. The van der Waals surface area contributed by atoms with Gasteiger partial charge in [0.2, 0.25) is 5.91 Å². The number of hydrogen-bond donors (Lipinski definition) is 1. The van der Waals surface area contributed by atoms with Crippen LogP contribution in [0.1, 0.15) is 71.3 Å². The third-order valence-corrected chi connectivity index (χ3v) is 6.98. The van der Waals surface area contributed by atoms with E-state index in [1.54, 1.807) is 5.56 Å². The van der Waals surface area contributed by atoms with Crippen molar-refractivity contribution in [1.82, 2.24) is 10.2 Å². The molecule has 1 aromatic carbocycles. The van der Waals surface area contributed by atoms with Gasteiger partial charge in [-0.1, -0.05) is 45.9 Å². The van der Waals surface area contributed by atoms with E-state index < -0.39 is 0 Å². The Morgan fingerprint density at radius 1 is 1.03 bits per heavy atom. The third kappa shape index (κ3) is 5.97. The average Bonchev–Trinajstić information content (AvgIpc) is 2.72. The summed E-state index contributed by atoms with van der Waals surface area (Å²) >= 11 is 0. The predicted molar refractivity (Wildman–Crippen MR) is 123 cm³/mol. The molecule has 1 heterocycles. The van der Waals surface area contributed by atoms with Crippen molar-refractivity contribution in [2.24, 2.45) is 11.3 Å². The van der Waals surface area contributed by atoms with Crippen molar-refractivity contribution in [3.8, 4) is 0 Å². The Labute approximate surface area is 178 Å². The van der Waals surface area contributed by atoms with Crippen molar-refractivity contribution in [3.05, 3.63) is 29.8 Å². The number of hydrogen-bond acceptors (Lipinski definition) is 3. The summed E-state index contributed by atoms with van der Waals surface area (Å²) in [5.41, 5.74) is 3.42. The van der Waals surface area contributed by atoms with Crippen LogP contribution >= 0.6 is 0 Å². The number of rotatable bonds is 6. The minimum absolute atomic E-state index is 0.163. The maximum Gasteiger partial charge on any atom is 0.234 e. The minimum atomic E-state index is 0.163. The molecule has 0 atom stereocenters. The van der Waals surface area contributed by atoms with Crippen LogP contribution in [0.25, 0.3) is 0 Å². The van der Waals surface area contributed by atoms with Gasteiger partial charge in [-0.15, -0.1) is 0 Å². The molecule has 0 unspecified atom stereocenters. The lowest BCUT2D eigenvalue weighted by Crippen LogP contribution is -2.49. The fourth-order valence-electron chi connectivity index (χ4n) is 5.06. The monoisotopic (exact) mass is 399 g/mol. The standard InChI is InChI=1S/C25H41N3O/c1-5-14-26-24(29)19-27-15-17-28(18-16-27)23-9-7-6-8-22(23)20-10-12-21(13-11-20)25(2,3)4/h6-9,20-21H,5,10-19H2,1-4H3,(H,26,29). The van der Waals surface area contributed by atoms with Crippen molar-refractivity contribution >= 4 is 11.6 Å². The molecule has 1 N–H and O–H groups in total. The summed E-state index contributed by atoms with van der Waals surface area (Å²) in [6.45, 7) is 14.5. The fourth-order valence-corrected chi connectivity index (χ4v) is 5.06. The van der Waals surface area contributed by atoms with Gasteiger partial charge in [-0.05, 0) is 61.0 Å². The molecule has 0 radical (unpaired) electrons. The van der Waals surface area contributed by atoms with Gasteiger partial charge < -0.3 is 10.2 Å². The zero-order chi connectivity index (χ0) is 20.9. The second-order valence-corrected chi connectivity index (χ2v) is 10.1. The van der Waals surface area contributed by atoms with Crippen molar-refractivity contribution in [2.75, 3.05) is 44.2 Å². The van der Waals surface area contributed by atoms with Gasteiger partial charge in [0.25, 0.3) is 0 Å². The number of carbonyl (C=O) groups is 1. The number of nitrogens with one attached hydrogen (secondary N) is 1. The van der Waals surface area contributed by atoms with Gasteiger partial charge in [-0.25, -0.2) is 0 Å². The van der Waals surface area contributed by atoms with Crippen LogP contribution in [0, 0.1) is 11.3 Å². The number of carbonyl (C=O) groups excluding carboxylic acids is 1. The van der Waals surface area contributed by atoms with Crippen LogP contribution in [-0.2, 0) is 4.79 Å². The first kappa shape index (κ1) is 22.1. The predicted octanol–water partition coefficient (Wildman–Crippen LogP) is 4.65. The van der Waals surface area contributed by atoms with E-state index >= 15 is 0 Å². The number of anilines is 1. The molecular weight excluding hydrogens is 358 g/mol. The molecule has 1 aliphatic heterocycles. The number of nitrogens with zero attached hydrogens (tertiary/aromatic N) is 2. The highest BCUT2D eigenvalue weighted by molar-refractivity contribution is 5.78. The van der Waals surface area contributed by atoms with Gasteiger partial charge in [-0.3, -0.25) is 9.69 Å².